The highest BCUT2D eigenvalue weighted by Gasteiger charge is 2.07. The molecule has 0 N–H and O–H groups in total. The maximum Gasteiger partial charge on any atom is 0.0594 e. The van der Waals surface area contributed by atoms with Crippen molar-refractivity contribution in [1.29, 1.82) is 0 Å². The van der Waals surface area contributed by atoms with Crippen molar-refractivity contribution in [2.24, 2.45) is 0 Å². The van der Waals surface area contributed by atoms with E-state index in [9.17, 15) is 0 Å². The van der Waals surface area contributed by atoms with E-state index in [1.54, 1.807) is 0 Å². The van der Waals surface area contributed by atoms with E-state index < -0.39 is 0 Å². The van der Waals surface area contributed by atoms with E-state index >= 15 is 0 Å². The van der Waals surface area contributed by atoms with Crippen LogP contribution in [0.3, 0.4) is 0 Å². The number of rotatable bonds is 2. The topological polar surface area (TPSA) is 12.5 Å². The van der Waals surface area contributed by atoms with Gasteiger partial charge in [0, 0.05) is 13.1 Å². The van der Waals surface area contributed by atoms with Crippen molar-refractivity contribution in [3.05, 3.63) is 0 Å². The predicted molar refractivity (Wildman–Crippen MR) is 44.3 cm³/mol. The van der Waals surface area contributed by atoms with Crippen LogP contribution in [-0.4, -0.2) is 37.7 Å². The zero-order chi connectivity index (χ0) is 6.53. The molecule has 0 aliphatic carbocycles. The smallest absolute Gasteiger partial charge is 0.0594 e. The molecule has 0 aromatic heterocycles. The first kappa shape index (κ1) is 9.92. The Kier molecular flexibility index (Phi) is 5.64. The van der Waals surface area contributed by atoms with Gasteiger partial charge in [0.1, 0.15) is 0 Å². The molecule has 0 unspecified atom stereocenters. The van der Waals surface area contributed by atoms with Gasteiger partial charge < -0.3 is 4.74 Å². The molecule has 1 fully saturated rings. The number of ether oxygens (including phenoxy) is 1. The second kappa shape index (κ2) is 5.69. The van der Waals surface area contributed by atoms with Crippen LogP contribution in [0.1, 0.15) is 20.8 Å². The van der Waals surface area contributed by atoms with Gasteiger partial charge in [0.2, 0.25) is 0 Å². The summed E-state index contributed by atoms with van der Waals surface area (Å²) >= 11 is 0. The van der Waals surface area contributed by atoms with Crippen LogP contribution in [0.15, 0.2) is 0 Å². The molecule has 1 aliphatic rings. The van der Waals surface area contributed by atoms with Crippen LogP contribution in [0.25, 0.3) is 0 Å². The minimum Gasteiger partial charge on any atom is -0.379 e. The van der Waals surface area contributed by atoms with Gasteiger partial charge in [0.25, 0.3) is 0 Å². The highest BCUT2D eigenvalue weighted by atomic mass is 16.5. The number of nitrogens with zero attached hydrogens (tertiary/aromatic N) is 1. The van der Waals surface area contributed by atoms with Gasteiger partial charge in [-0.1, -0.05) is 14.4 Å². The Bertz CT molecular complexity index is 66.9. The van der Waals surface area contributed by atoms with E-state index in [4.69, 9.17) is 4.74 Å². The highest BCUT2D eigenvalue weighted by Crippen LogP contribution is 1.96. The van der Waals surface area contributed by atoms with Crippen molar-refractivity contribution in [2.45, 2.75) is 20.8 Å². The van der Waals surface area contributed by atoms with Crippen LogP contribution < -0.4 is 0 Å². The maximum atomic E-state index is 5.20. The van der Waals surface area contributed by atoms with Gasteiger partial charge in [-0.3, -0.25) is 4.90 Å². The Morgan fingerprint density at radius 3 is 2.40 bits per heavy atom. The minimum absolute atomic E-state index is 0. The molecule has 1 saturated heterocycles. The van der Waals surface area contributed by atoms with E-state index in [0.717, 1.165) is 26.3 Å². The molecule has 2 heteroatoms. The molecule has 62 valence electrons. The first-order chi connectivity index (χ1) is 4.43. The first-order valence-corrected chi connectivity index (χ1v) is 3.73. The summed E-state index contributed by atoms with van der Waals surface area (Å²) in [6.45, 7) is 7.58. The number of hydrogen-bond donors (Lipinski definition) is 0. The molecule has 10 heavy (non-hydrogen) atoms. The maximum absolute atomic E-state index is 5.20. The molecule has 1 rings (SSSR count). The third-order valence-corrected chi connectivity index (χ3v) is 1.64. The Morgan fingerprint density at radius 2 is 1.90 bits per heavy atom. The average molecular weight is 145 g/mol. The lowest BCUT2D eigenvalue weighted by atomic mass is 10.4. The second-order valence-corrected chi connectivity index (χ2v) is 2.45. The number of hydrogen-bond acceptors (Lipinski definition) is 2. The van der Waals surface area contributed by atoms with Gasteiger partial charge in [-0.15, -0.1) is 0 Å². The van der Waals surface area contributed by atoms with Crippen molar-refractivity contribution in [3.8, 4) is 0 Å². The minimum atomic E-state index is 0. The van der Waals surface area contributed by atoms with Crippen molar-refractivity contribution < 1.29 is 4.74 Å². The van der Waals surface area contributed by atoms with E-state index in [1.165, 1.54) is 13.0 Å². The molecule has 1 aliphatic heterocycles. The van der Waals surface area contributed by atoms with Gasteiger partial charge in [-0.25, -0.2) is 0 Å². The third-order valence-electron chi connectivity index (χ3n) is 1.64. The monoisotopic (exact) mass is 145 g/mol. The summed E-state index contributed by atoms with van der Waals surface area (Å²) in [4.78, 5) is 2.45. The Balaban J connectivity index is 0.000000810. The fourth-order valence-corrected chi connectivity index (χ4v) is 1.14. The van der Waals surface area contributed by atoms with Crippen LogP contribution in [0, 0.1) is 0 Å². The molecule has 0 radical (unpaired) electrons. The zero-order valence-electron chi connectivity index (χ0n) is 6.10. The summed E-state index contributed by atoms with van der Waals surface area (Å²) in [5.74, 6) is 0. The summed E-state index contributed by atoms with van der Waals surface area (Å²) in [5.41, 5.74) is 0. The summed E-state index contributed by atoms with van der Waals surface area (Å²) in [7, 11) is 0. The van der Waals surface area contributed by atoms with Crippen molar-refractivity contribution in [2.75, 3.05) is 32.8 Å². The largest absolute Gasteiger partial charge is 0.379 e. The first-order valence-electron chi connectivity index (χ1n) is 3.73. The van der Waals surface area contributed by atoms with Crippen LogP contribution in [0.2, 0.25) is 0 Å². The molecule has 0 aromatic carbocycles. The van der Waals surface area contributed by atoms with Crippen LogP contribution in [-0.2, 0) is 4.74 Å². The van der Waals surface area contributed by atoms with E-state index in [2.05, 4.69) is 11.8 Å². The average Bonchev–Trinajstić information content (AvgIpc) is 1.91. The molecule has 0 saturated carbocycles. The van der Waals surface area contributed by atoms with Gasteiger partial charge in [0.15, 0.2) is 0 Å². The van der Waals surface area contributed by atoms with Gasteiger partial charge in [-0.2, -0.15) is 0 Å². The van der Waals surface area contributed by atoms with E-state index in [1.807, 2.05) is 0 Å². The molecular formula is C8H19NO. The molecule has 0 bridgehead atoms. The van der Waals surface area contributed by atoms with Crippen molar-refractivity contribution in [3.63, 3.8) is 0 Å². The van der Waals surface area contributed by atoms with Crippen LogP contribution in [0.5, 0.6) is 0 Å². The van der Waals surface area contributed by atoms with E-state index in [0.29, 0.717) is 0 Å². The predicted octanol–water partition coefficient (Wildman–Crippen LogP) is 1.36. The lowest BCUT2D eigenvalue weighted by Crippen LogP contribution is -2.36. The molecule has 0 atom stereocenters. The molecule has 0 amide bonds. The summed E-state index contributed by atoms with van der Waals surface area (Å²) in [6.07, 6.45) is 1.26. The third kappa shape index (κ3) is 3.18. The molecule has 2 nitrogen and oxygen atoms in total. The summed E-state index contributed by atoms with van der Waals surface area (Å²) in [6, 6.07) is 0. The molecular weight excluding hydrogens is 126 g/mol. The summed E-state index contributed by atoms with van der Waals surface area (Å²) in [5, 5.41) is 0. The van der Waals surface area contributed by atoms with Crippen LogP contribution >= 0.6 is 0 Å². The normalized spacial score (nSPS) is 20.1. The quantitative estimate of drug-likeness (QED) is 0.582. The Morgan fingerprint density at radius 1 is 1.30 bits per heavy atom. The van der Waals surface area contributed by atoms with Gasteiger partial charge >= 0.3 is 0 Å². The van der Waals surface area contributed by atoms with Crippen molar-refractivity contribution in [1.82, 2.24) is 4.90 Å². The zero-order valence-corrected chi connectivity index (χ0v) is 6.10. The Labute approximate surface area is 64.2 Å². The molecule has 1 heterocycles. The fourth-order valence-electron chi connectivity index (χ4n) is 1.14. The summed E-state index contributed by atoms with van der Waals surface area (Å²) < 4.78 is 5.20. The van der Waals surface area contributed by atoms with Crippen molar-refractivity contribution >= 4 is 0 Å². The molecule has 0 aromatic rings. The Hall–Kier alpha value is -0.0800. The van der Waals surface area contributed by atoms with Crippen LogP contribution in [0.4, 0.5) is 0 Å². The van der Waals surface area contributed by atoms with Gasteiger partial charge in [0.05, 0.1) is 13.2 Å². The lowest BCUT2D eigenvalue weighted by Gasteiger charge is -2.25. The fraction of sp³-hybridized carbons (Fsp3) is 1.00. The molecule has 0 spiro atoms. The SMILES string of the molecule is C.CCCN1CCOCC1. The number of morpholine rings is 1. The van der Waals surface area contributed by atoms with E-state index in [-0.39, 0.29) is 7.43 Å². The second-order valence-electron chi connectivity index (χ2n) is 2.45. The standard InChI is InChI=1S/C7H15NO.CH4/c1-2-3-8-4-6-9-7-5-8;/h2-7H2,1H3;1H4. The lowest BCUT2D eigenvalue weighted by molar-refractivity contribution is 0.0380. The van der Waals surface area contributed by atoms with Gasteiger partial charge in [-0.05, 0) is 13.0 Å². The highest BCUT2D eigenvalue weighted by molar-refractivity contribution is 4.59.